The lowest BCUT2D eigenvalue weighted by Gasteiger charge is -2.23. The second kappa shape index (κ2) is 8.44. The van der Waals surface area contributed by atoms with Crippen LogP contribution in [-0.2, 0) is 24.2 Å². The summed E-state index contributed by atoms with van der Waals surface area (Å²) in [5, 5.41) is 2.35. The van der Waals surface area contributed by atoms with E-state index < -0.39 is 0 Å². The summed E-state index contributed by atoms with van der Waals surface area (Å²) in [5.74, 6) is 0.0742. The van der Waals surface area contributed by atoms with Crippen molar-refractivity contribution >= 4 is 22.4 Å². The molecule has 2 N–H and O–H groups in total. The average Bonchev–Trinajstić information content (AvgIpc) is 3.05. The molecule has 3 aromatic rings. The van der Waals surface area contributed by atoms with E-state index in [1.165, 1.54) is 16.9 Å². The van der Waals surface area contributed by atoms with Crippen molar-refractivity contribution in [2.45, 2.75) is 19.4 Å². The van der Waals surface area contributed by atoms with Crippen molar-refractivity contribution in [1.82, 2.24) is 9.88 Å². The Balaban J connectivity index is 1.69. The van der Waals surface area contributed by atoms with Crippen LogP contribution < -0.4 is 5.73 Å². The zero-order valence-corrected chi connectivity index (χ0v) is 14.8. The molecule has 0 aliphatic rings. The van der Waals surface area contributed by atoms with Crippen molar-refractivity contribution in [3.63, 3.8) is 0 Å². The van der Waals surface area contributed by atoms with Crippen molar-refractivity contribution < 1.29 is 4.79 Å². The maximum absolute atomic E-state index is 12.8. The molecular formula is C20H21N3OS. The Morgan fingerprint density at radius 2 is 1.64 bits per heavy atom. The van der Waals surface area contributed by atoms with E-state index in [2.05, 4.69) is 17.1 Å². The van der Waals surface area contributed by atoms with Gasteiger partial charge in [-0.1, -0.05) is 60.7 Å². The van der Waals surface area contributed by atoms with Gasteiger partial charge in [0.05, 0.1) is 12.1 Å². The zero-order valence-electron chi connectivity index (χ0n) is 14.0. The number of rotatable bonds is 7. The van der Waals surface area contributed by atoms with E-state index in [0.29, 0.717) is 18.2 Å². The Hall–Kier alpha value is -2.66. The van der Waals surface area contributed by atoms with Crippen LogP contribution in [0.2, 0.25) is 0 Å². The van der Waals surface area contributed by atoms with Gasteiger partial charge in [0.2, 0.25) is 5.91 Å². The minimum Gasteiger partial charge on any atom is -0.375 e. The third kappa shape index (κ3) is 5.16. The predicted molar refractivity (Wildman–Crippen MR) is 102 cm³/mol. The molecular weight excluding hydrogens is 330 g/mol. The van der Waals surface area contributed by atoms with Crippen LogP contribution in [0.25, 0.3) is 0 Å². The highest BCUT2D eigenvalue weighted by molar-refractivity contribution is 7.13. The first-order valence-electron chi connectivity index (χ1n) is 8.26. The number of hydrogen-bond donors (Lipinski definition) is 1. The van der Waals surface area contributed by atoms with Crippen molar-refractivity contribution in [2.24, 2.45) is 0 Å². The molecule has 0 atom stereocenters. The predicted octanol–water partition coefficient (Wildman–Crippen LogP) is 3.54. The minimum absolute atomic E-state index is 0.0742. The maximum atomic E-state index is 12.8. The van der Waals surface area contributed by atoms with Crippen molar-refractivity contribution in [3.05, 3.63) is 82.9 Å². The lowest BCUT2D eigenvalue weighted by molar-refractivity contribution is -0.131. The fourth-order valence-corrected chi connectivity index (χ4v) is 3.24. The number of nitrogens with zero attached hydrogens (tertiary/aromatic N) is 2. The van der Waals surface area contributed by atoms with Gasteiger partial charge in [-0.2, -0.15) is 0 Å². The standard InChI is InChI=1S/C20H21N3OS/c21-20-22-18(15-25-20)13-19(24)23(14-17-9-5-2-6-10-17)12-11-16-7-3-1-4-8-16/h1-10,15H,11-14H2,(H2,21,22). The van der Waals surface area contributed by atoms with Crippen LogP contribution in [0.5, 0.6) is 0 Å². The van der Waals surface area contributed by atoms with Crippen molar-refractivity contribution in [2.75, 3.05) is 12.3 Å². The molecule has 0 aliphatic carbocycles. The smallest absolute Gasteiger partial charge is 0.228 e. The van der Waals surface area contributed by atoms with Crippen LogP contribution in [0.3, 0.4) is 0 Å². The van der Waals surface area contributed by atoms with E-state index >= 15 is 0 Å². The van der Waals surface area contributed by atoms with Gasteiger partial charge in [-0.15, -0.1) is 11.3 Å². The highest BCUT2D eigenvalue weighted by Gasteiger charge is 2.16. The zero-order chi connectivity index (χ0) is 17.5. The fraction of sp³-hybridized carbons (Fsp3) is 0.200. The fourth-order valence-electron chi connectivity index (χ4n) is 2.68. The maximum Gasteiger partial charge on any atom is 0.228 e. The quantitative estimate of drug-likeness (QED) is 0.708. The molecule has 0 aliphatic heterocycles. The van der Waals surface area contributed by atoms with Gasteiger partial charge >= 0.3 is 0 Å². The average molecular weight is 351 g/mol. The number of benzene rings is 2. The number of nitrogen functional groups attached to an aromatic ring is 1. The van der Waals surface area contributed by atoms with Gasteiger partial charge in [-0.05, 0) is 17.5 Å². The van der Waals surface area contributed by atoms with E-state index in [0.717, 1.165) is 17.7 Å². The molecule has 2 aromatic carbocycles. The number of nitrogens with two attached hydrogens (primary N) is 1. The van der Waals surface area contributed by atoms with Crippen LogP contribution in [0.15, 0.2) is 66.0 Å². The summed E-state index contributed by atoms with van der Waals surface area (Å²) >= 11 is 1.37. The van der Waals surface area contributed by atoms with Gasteiger partial charge < -0.3 is 10.6 Å². The monoisotopic (exact) mass is 351 g/mol. The van der Waals surface area contributed by atoms with Crippen molar-refractivity contribution in [1.29, 1.82) is 0 Å². The molecule has 0 fully saturated rings. The highest BCUT2D eigenvalue weighted by Crippen LogP contribution is 2.14. The minimum atomic E-state index is 0.0742. The Morgan fingerprint density at radius 3 is 2.24 bits per heavy atom. The molecule has 0 bridgehead atoms. The van der Waals surface area contributed by atoms with Crippen molar-refractivity contribution in [3.8, 4) is 0 Å². The summed E-state index contributed by atoms with van der Waals surface area (Å²) in [5.41, 5.74) is 8.77. The Kier molecular flexibility index (Phi) is 5.80. The molecule has 0 saturated carbocycles. The number of aromatic nitrogens is 1. The summed E-state index contributed by atoms with van der Waals surface area (Å²) in [6.07, 6.45) is 1.12. The number of carbonyl (C=O) groups excluding carboxylic acids is 1. The Morgan fingerprint density at radius 1 is 1.00 bits per heavy atom. The van der Waals surface area contributed by atoms with E-state index in [-0.39, 0.29) is 12.3 Å². The molecule has 3 rings (SSSR count). The first-order valence-corrected chi connectivity index (χ1v) is 9.14. The third-order valence-electron chi connectivity index (χ3n) is 3.98. The molecule has 0 radical (unpaired) electrons. The second-order valence-corrected chi connectivity index (χ2v) is 6.78. The topological polar surface area (TPSA) is 59.2 Å². The number of amides is 1. The van der Waals surface area contributed by atoms with Gasteiger partial charge in [0.1, 0.15) is 0 Å². The molecule has 0 unspecified atom stereocenters. The lowest BCUT2D eigenvalue weighted by Crippen LogP contribution is -2.33. The molecule has 25 heavy (non-hydrogen) atoms. The first-order chi connectivity index (χ1) is 12.2. The van der Waals surface area contributed by atoms with Crippen LogP contribution in [0.4, 0.5) is 5.13 Å². The van der Waals surface area contributed by atoms with E-state index in [1.807, 2.05) is 58.8 Å². The summed E-state index contributed by atoms with van der Waals surface area (Å²) in [6.45, 7) is 1.28. The summed E-state index contributed by atoms with van der Waals surface area (Å²) in [6, 6.07) is 20.3. The Bertz CT molecular complexity index is 802. The molecule has 4 nitrogen and oxygen atoms in total. The van der Waals surface area contributed by atoms with Gasteiger partial charge in [-0.25, -0.2) is 4.98 Å². The van der Waals surface area contributed by atoms with Crippen LogP contribution in [0.1, 0.15) is 16.8 Å². The second-order valence-electron chi connectivity index (χ2n) is 5.89. The van der Waals surface area contributed by atoms with Gasteiger partial charge in [0.15, 0.2) is 5.13 Å². The summed E-state index contributed by atoms with van der Waals surface area (Å²) in [4.78, 5) is 18.9. The SMILES string of the molecule is Nc1nc(CC(=O)N(CCc2ccccc2)Cc2ccccc2)cs1. The van der Waals surface area contributed by atoms with Gasteiger partial charge in [0, 0.05) is 18.5 Å². The number of hydrogen-bond acceptors (Lipinski definition) is 4. The number of anilines is 1. The normalized spacial score (nSPS) is 10.6. The number of carbonyl (C=O) groups is 1. The first kappa shape index (κ1) is 17.2. The Labute approximate surface area is 151 Å². The molecule has 0 spiro atoms. The van der Waals surface area contributed by atoms with E-state index in [1.54, 1.807) is 0 Å². The van der Waals surface area contributed by atoms with Gasteiger partial charge in [0.25, 0.3) is 0 Å². The molecule has 1 aromatic heterocycles. The van der Waals surface area contributed by atoms with Crippen LogP contribution >= 0.6 is 11.3 Å². The lowest BCUT2D eigenvalue weighted by atomic mass is 10.1. The molecule has 128 valence electrons. The molecule has 1 amide bonds. The van der Waals surface area contributed by atoms with Gasteiger partial charge in [-0.3, -0.25) is 4.79 Å². The summed E-state index contributed by atoms with van der Waals surface area (Å²) in [7, 11) is 0. The molecule has 1 heterocycles. The highest BCUT2D eigenvalue weighted by atomic mass is 32.1. The van der Waals surface area contributed by atoms with E-state index in [9.17, 15) is 4.79 Å². The van der Waals surface area contributed by atoms with Crippen LogP contribution in [-0.4, -0.2) is 22.3 Å². The molecule has 0 saturated heterocycles. The summed E-state index contributed by atoms with van der Waals surface area (Å²) < 4.78 is 0. The largest absolute Gasteiger partial charge is 0.375 e. The van der Waals surface area contributed by atoms with Crippen LogP contribution in [0, 0.1) is 0 Å². The number of thiazole rings is 1. The third-order valence-corrected chi connectivity index (χ3v) is 4.71. The molecule has 5 heteroatoms. The van der Waals surface area contributed by atoms with E-state index in [4.69, 9.17) is 5.73 Å².